The van der Waals surface area contributed by atoms with Gasteiger partial charge in [0, 0.05) is 13.1 Å². The summed E-state index contributed by atoms with van der Waals surface area (Å²) in [6.45, 7) is 4.06. The van der Waals surface area contributed by atoms with Gasteiger partial charge < -0.3 is 10.4 Å². The van der Waals surface area contributed by atoms with Gasteiger partial charge in [0.15, 0.2) is 0 Å². The molecule has 0 spiro atoms. The molecule has 1 aromatic carbocycles. The molecule has 2 heteroatoms. The maximum Gasteiger partial charge on any atom is 0.0580 e. The lowest BCUT2D eigenvalue weighted by atomic mass is 10.0. The van der Waals surface area contributed by atoms with Crippen LogP contribution in [-0.2, 0) is 13.0 Å². The molecule has 1 aliphatic carbocycles. The Bertz CT molecular complexity index is 351. The Kier molecular flexibility index (Phi) is 4.57. The van der Waals surface area contributed by atoms with Crippen molar-refractivity contribution in [3.05, 3.63) is 35.4 Å². The summed E-state index contributed by atoms with van der Waals surface area (Å²) in [4.78, 5) is 0. The summed E-state index contributed by atoms with van der Waals surface area (Å²) in [5.41, 5.74) is 2.81. The van der Waals surface area contributed by atoms with Crippen LogP contribution < -0.4 is 5.32 Å². The van der Waals surface area contributed by atoms with Crippen LogP contribution in [0.2, 0.25) is 0 Å². The zero-order valence-electron chi connectivity index (χ0n) is 10.7. The molecule has 1 aliphatic rings. The molecule has 0 amide bonds. The van der Waals surface area contributed by atoms with Crippen LogP contribution in [0.5, 0.6) is 0 Å². The molecule has 94 valence electrons. The Morgan fingerprint density at radius 1 is 1.24 bits per heavy atom. The van der Waals surface area contributed by atoms with Crippen molar-refractivity contribution in [2.24, 2.45) is 5.92 Å². The van der Waals surface area contributed by atoms with Crippen molar-refractivity contribution in [2.75, 3.05) is 6.54 Å². The van der Waals surface area contributed by atoms with E-state index in [4.69, 9.17) is 0 Å². The van der Waals surface area contributed by atoms with Gasteiger partial charge in [-0.25, -0.2) is 0 Å². The highest BCUT2D eigenvalue weighted by Crippen LogP contribution is 2.24. The zero-order chi connectivity index (χ0) is 12.1. The molecule has 2 rings (SSSR count). The summed E-state index contributed by atoms with van der Waals surface area (Å²) in [6.07, 6.45) is 4.34. The van der Waals surface area contributed by atoms with Crippen molar-refractivity contribution < 1.29 is 5.11 Å². The van der Waals surface area contributed by atoms with Gasteiger partial charge in [0.25, 0.3) is 0 Å². The Hall–Kier alpha value is -0.860. The van der Waals surface area contributed by atoms with Gasteiger partial charge in [0.1, 0.15) is 0 Å². The Balaban J connectivity index is 1.81. The lowest BCUT2D eigenvalue weighted by Gasteiger charge is -2.16. The van der Waals surface area contributed by atoms with Crippen molar-refractivity contribution in [2.45, 2.75) is 45.3 Å². The van der Waals surface area contributed by atoms with Crippen LogP contribution in [0.3, 0.4) is 0 Å². The number of aliphatic hydroxyl groups is 1. The number of benzene rings is 1. The first-order chi connectivity index (χ1) is 8.31. The van der Waals surface area contributed by atoms with Gasteiger partial charge in [0.05, 0.1) is 6.10 Å². The average molecular weight is 233 g/mol. The van der Waals surface area contributed by atoms with Crippen molar-refractivity contribution >= 4 is 0 Å². The summed E-state index contributed by atoms with van der Waals surface area (Å²) < 4.78 is 0. The minimum atomic E-state index is -0.0797. The molecular formula is C15H23NO. The van der Waals surface area contributed by atoms with Gasteiger partial charge in [-0.2, -0.15) is 0 Å². The lowest BCUT2D eigenvalue weighted by Crippen LogP contribution is -2.27. The maximum atomic E-state index is 9.75. The van der Waals surface area contributed by atoms with E-state index in [1.165, 1.54) is 24.0 Å². The molecule has 1 aromatic rings. The Morgan fingerprint density at radius 3 is 2.65 bits per heavy atom. The predicted molar refractivity (Wildman–Crippen MR) is 70.9 cm³/mol. The fourth-order valence-electron chi connectivity index (χ4n) is 2.72. The van der Waals surface area contributed by atoms with Crippen LogP contribution in [0.4, 0.5) is 0 Å². The summed E-state index contributed by atoms with van der Waals surface area (Å²) in [6, 6.07) is 8.59. The average Bonchev–Trinajstić information content (AvgIpc) is 2.76. The minimum Gasteiger partial charge on any atom is -0.393 e. The van der Waals surface area contributed by atoms with Crippen LogP contribution in [0, 0.1) is 5.92 Å². The van der Waals surface area contributed by atoms with Crippen LogP contribution in [0.25, 0.3) is 0 Å². The third kappa shape index (κ3) is 3.30. The van der Waals surface area contributed by atoms with Crippen molar-refractivity contribution in [3.63, 3.8) is 0 Å². The van der Waals surface area contributed by atoms with E-state index in [1.54, 1.807) is 0 Å². The van der Waals surface area contributed by atoms with Crippen LogP contribution in [0.1, 0.15) is 37.3 Å². The fourth-order valence-corrected chi connectivity index (χ4v) is 2.72. The minimum absolute atomic E-state index is 0.0797. The highest BCUT2D eigenvalue weighted by atomic mass is 16.3. The second-order valence-electron chi connectivity index (χ2n) is 5.01. The van der Waals surface area contributed by atoms with E-state index in [1.807, 2.05) is 0 Å². The smallest absolute Gasteiger partial charge is 0.0580 e. The second-order valence-corrected chi connectivity index (χ2v) is 5.01. The zero-order valence-corrected chi connectivity index (χ0v) is 10.7. The van der Waals surface area contributed by atoms with Crippen molar-refractivity contribution in [1.82, 2.24) is 5.32 Å². The third-order valence-electron chi connectivity index (χ3n) is 3.84. The monoisotopic (exact) mass is 233 g/mol. The molecule has 0 bridgehead atoms. The van der Waals surface area contributed by atoms with E-state index in [9.17, 15) is 5.11 Å². The quantitative estimate of drug-likeness (QED) is 0.819. The van der Waals surface area contributed by atoms with E-state index in [-0.39, 0.29) is 6.10 Å². The normalized spacial score (nSPS) is 24.1. The molecule has 17 heavy (non-hydrogen) atoms. The van der Waals surface area contributed by atoms with Crippen LogP contribution in [0.15, 0.2) is 24.3 Å². The fraction of sp³-hybridized carbons (Fsp3) is 0.600. The Morgan fingerprint density at radius 2 is 2.00 bits per heavy atom. The molecule has 1 saturated carbocycles. The molecule has 0 saturated heterocycles. The summed E-state index contributed by atoms with van der Waals surface area (Å²) in [5.74, 6) is 0.462. The van der Waals surface area contributed by atoms with E-state index in [0.717, 1.165) is 25.9 Å². The van der Waals surface area contributed by atoms with Gasteiger partial charge in [-0.15, -0.1) is 0 Å². The molecule has 0 aromatic heterocycles. The molecule has 0 aliphatic heterocycles. The van der Waals surface area contributed by atoms with E-state index in [0.29, 0.717) is 5.92 Å². The first kappa shape index (κ1) is 12.6. The number of aryl methyl sites for hydroxylation is 1. The second kappa shape index (κ2) is 6.18. The first-order valence-corrected chi connectivity index (χ1v) is 6.76. The SMILES string of the molecule is CCc1ccccc1CNCC1CCCC1O. The predicted octanol–water partition coefficient (Wildman–Crippen LogP) is 2.50. The number of aliphatic hydroxyl groups excluding tert-OH is 1. The molecule has 2 nitrogen and oxygen atoms in total. The van der Waals surface area contributed by atoms with Crippen molar-refractivity contribution in [3.8, 4) is 0 Å². The van der Waals surface area contributed by atoms with E-state index >= 15 is 0 Å². The van der Waals surface area contributed by atoms with Gasteiger partial charge in [-0.3, -0.25) is 0 Å². The standard InChI is InChI=1S/C15H23NO/c1-2-12-6-3-4-7-13(12)10-16-11-14-8-5-9-15(14)17/h3-4,6-7,14-17H,2,5,8-11H2,1H3. The molecule has 2 N–H and O–H groups in total. The maximum absolute atomic E-state index is 9.75. The number of hydrogen-bond donors (Lipinski definition) is 2. The number of nitrogens with one attached hydrogen (secondary N) is 1. The summed E-state index contributed by atoms with van der Waals surface area (Å²) in [5, 5.41) is 13.2. The number of hydrogen-bond acceptors (Lipinski definition) is 2. The molecule has 0 heterocycles. The van der Waals surface area contributed by atoms with Crippen LogP contribution in [-0.4, -0.2) is 17.8 Å². The first-order valence-electron chi connectivity index (χ1n) is 6.76. The molecular weight excluding hydrogens is 210 g/mol. The van der Waals surface area contributed by atoms with Crippen LogP contribution >= 0.6 is 0 Å². The summed E-state index contributed by atoms with van der Waals surface area (Å²) in [7, 11) is 0. The largest absolute Gasteiger partial charge is 0.393 e. The van der Waals surface area contributed by atoms with Gasteiger partial charge >= 0.3 is 0 Å². The third-order valence-corrected chi connectivity index (χ3v) is 3.84. The van der Waals surface area contributed by atoms with Gasteiger partial charge in [-0.05, 0) is 36.3 Å². The highest BCUT2D eigenvalue weighted by Gasteiger charge is 2.24. The van der Waals surface area contributed by atoms with E-state index in [2.05, 4.69) is 36.5 Å². The van der Waals surface area contributed by atoms with Gasteiger partial charge in [0.2, 0.25) is 0 Å². The topological polar surface area (TPSA) is 32.3 Å². The van der Waals surface area contributed by atoms with Gasteiger partial charge in [-0.1, -0.05) is 37.6 Å². The molecule has 1 fully saturated rings. The molecule has 2 unspecified atom stereocenters. The van der Waals surface area contributed by atoms with Crippen molar-refractivity contribution in [1.29, 1.82) is 0 Å². The highest BCUT2D eigenvalue weighted by molar-refractivity contribution is 5.26. The molecule has 2 atom stereocenters. The lowest BCUT2D eigenvalue weighted by molar-refractivity contribution is 0.131. The summed E-state index contributed by atoms with van der Waals surface area (Å²) >= 11 is 0. The van der Waals surface area contributed by atoms with E-state index < -0.39 is 0 Å². The molecule has 0 radical (unpaired) electrons. The Labute approximate surface area is 104 Å². The number of rotatable bonds is 5.